The number of para-hydroxylation sites is 1. The number of nitrogens with one attached hydrogen (secondary N) is 3. The average Bonchev–Trinajstić information content (AvgIpc) is 3.26. The summed E-state index contributed by atoms with van der Waals surface area (Å²) in [5, 5.41) is 8.77. The summed E-state index contributed by atoms with van der Waals surface area (Å²) < 4.78 is 5.22. The standard InChI is InChI=1S/C23H25N3O3/c1-17-7-2-3-8-18(17)12-13-24-22(27)16-25-21-11-5-4-10-20(21)23(28)26-15-19-9-6-14-29-19/h2-11,14,25H,12-13,15-16H2,1H3,(H,24,27)(H,26,28). The van der Waals surface area contributed by atoms with Gasteiger partial charge in [-0.2, -0.15) is 0 Å². The molecule has 1 aromatic heterocycles. The second-order valence-electron chi connectivity index (χ2n) is 6.69. The molecule has 0 saturated carbocycles. The van der Waals surface area contributed by atoms with Crippen molar-refractivity contribution in [2.75, 3.05) is 18.4 Å². The van der Waals surface area contributed by atoms with E-state index in [4.69, 9.17) is 4.42 Å². The second-order valence-corrected chi connectivity index (χ2v) is 6.69. The average molecular weight is 391 g/mol. The van der Waals surface area contributed by atoms with E-state index in [1.165, 1.54) is 11.1 Å². The Hall–Kier alpha value is -3.54. The van der Waals surface area contributed by atoms with E-state index in [0.717, 1.165) is 6.42 Å². The molecular formula is C23H25N3O3. The van der Waals surface area contributed by atoms with E-state index in [-0.39, 0.29) is 18.4 Å². The molecule has 6 nitrogen and oxygen atoms in total. The predicted octanol–water partition coefficient (Wildman–Crippen LogP) is 3.29. The maximum Gasteiger partial charge on any atom is 0.253 e. The van der Waals surface area contributed by atoms with E-state index in [0.29, 0.717) is 30.1 Å². The van der Waals surface area contributed by atoms with E-state index >= 15 is 0 Å². The van der Waals surface area contributed by atoms with Gasteiger partial charge in [-0.1, -0.05) is 36.4 Å². The maximum absolute atomic E-state index is 12.5. The Morgan fingerprint density at radius 3 is 2.52 bits per heavy atom. The van der Waals surface area contributed by atoms with Gasteiger partial charge in [0, 0.05) is 12.2 Å². The van der Waals surface area contributed by atoms with Crippen LogP contribution in [0.3, 0.4) is 0 Å². The molecule has 2 aromatic carbocycles. The van der Waals surface area contributed by atoms with Gasteiger partial charge in [0.1, 0.15) is 5.76 Å². The summed E-state index contributed by atoms with van der Waals surface area (Å²) in [7, 11) is 0. The second kappa shape index (κ2) is 10.1. The van der Waals surface area contributed by atoms with Gasteiger partial charge in [-0.15, -0.1) is 0 Å². The highest BCUT2D eigenvalue weighted by Crippen LogP contribution is 2.15. The van der Waals surface area contributed by atoms with Crippen molar-refractivity contribution in [1.82, 2.24) is 10.6 Å². The molecule has 0 unspecified atom stereocenters. The summed E-state index contributed by atoms with van der Waals surface area (Å²) in [6.45, 7) is 3.03. The molecule has 0 fully saturated rings. The monoisotopic (exact) mass is 391 g/mol. The first kappa shape index (κ1) is 20.2. The Balaban J connectivity index is 1.48. The van der Waals surface area contributed by atoms with Crippen LogP contribution in [0.2, 0.25) is 0 Å². The molecule has 0 saturated heterocycles. The lowest BCUT2D eigenvalue weighted by Gasteiger charge is -2.12. The van der Waals surface area contributed by atoms with E-state index in [1.54, 1.807) is 36.6 Å². The number of benzene rings is 2. The van der Waals surface area contributed by atoms with Crippen molar-refractivity contribution in [3.05, 3.63) is 89.4 Å². The van der Waals surface area contributed by atoms with Gasteiger partial charge < -0.3 is 20.4 Å². The van der Waals surface area contributed by atoms with Crippen LogP contribution in [-0.4, -0.2) is 24.9 Å². The number of carbonyl (C=O) groups is 2. The molecule has 150 valence electrons. The van der Waals surface area contributed by atoms with Crippen molar-refractivity contribution in [1.29, 1.82) is 0 Å². The molecule has 0 spiro atoms. The molecule has 0 atom stereocenters. The fraction of sp³-hybridized carbons (Fsp3) is 0.217. The maximum atomic E-state index is 12.5. The number of hydrogen-bond donors (Lipinski definition) is 3. The molecule has 1 heterocycles. The number of carbonyl (C=O) groups excluding carboxylic acids is 2. The molecule has 0 aliphatic heterocycles. The number of furan rings is 1. The van der Waals surface area contributed by atoms with Crippen LogP contribution in [0.25, 0.3) is 0 Å². The van der Waals surface area contributed by atoms with Gasteiger partial charge in [0.2, 0.25) is 5.91 Å². The third kappa shape index (κ3) is 5.97. The molecule has 3 rings (SSSR count). The first-order chi connectivity index (χ1) is 14.1. The van der Waals surface area contributed by atoms with E-state index in [1.807, 2.05) is 18.2 Å². The molecule has 0 radical (unpaired) electrons. The zero-order valence-electron chi connectivity index (χ0n) is 16.4. The van der Waals surface area contributed by atoms with Crippen LogP contribution in [0, 0.1) is 6.92 Å². The zero-order chi connectivity index (χ0) is 20.5. The third-order valence-electron chi connectivity index (χ3n) is 4.59. The van der Waals surface area contributed by atoms with Crippen LogP contribution >= 0.6 is 0 Å². The number of anilines is 1. The molecule has 6 heteroatoms. The zero-order valence-corrected chi connectivity index (χ0v) is 16.4. The highest BCUT2D eigenvalue weighted by molar-refractivity contribution is 6.00. The quantitative estimate of drug-likeness (QED) is 0.523. The van der Waals surface area contributed by atoms with Crippen LogP contribution < -0.4 is 16.0 Å². The van der Waals surface area contributed by atoms with Gasteiger partial charge in [-0.3, -0.25) is 9.59 Å². The highest BCUT2D eigenvalue weighted by Gasteiger charge is 2.12. The molecule has 2 amide bonds. The largest absolute Gasteiger partial charge is 0.467 e. The number of aryl methyl sites for hydroxylation is 1. The van der Waals surface area contributed by atoms with Crippen molar-refractivity contribution in [2.24, 2.45) is 0 Å². The van der Waals surface area contributed by atoms with Crippen molar-refractivity contribution < 1.29 is 14.0 Å². The topological polar surface area (TPSA) is 83.4 Å². The minimum absolute atomic E-state index is 0.0935. The Morgan fingerprint density at radius 1 is 0.931 bits per heavy atom. The Kier molecular flexibility index (Phi) is 7.05. The molecule has 0 aliphatic carbocycles. The van der Waals surface area contributed by atoms with E-state index in [2.05, 4.69) is 35.0 Å². The van der Waals surface area contributed by atoms with Gasteiger partial charge in [0.25, 0.3) is 5.91 Å². The van der Waals surface area contributed by atoms with Crippen molar-refractivity contribution >= 4 is 17.5 Å². The summed E-state index contributed by atoms with van der Waals surface area (Å²) in [5.74, 6) is 0.325. The smallest absolute Gasteiger partial charge is 0.253 e. The van der Waals surface area contributed by atoms with Gasteiger partial charge >= 0.3 is 0 Å². The SMILES string of the molecule is Cc1ccccc1CCNC(=O)CNc1ccccc1C(=O)NCc1ccco1. The molecule has 29 heavy (non-hydrogen) atoms. The number of rotatable bonds is 9. The molecule has 3 aromatic rings. The van der Waals surface area contributed by atoms with Crippen LogP contribution in [0.15, 0.2) is 71.3 Å². The van der Waals surface area contributed by atoms with Gasteiger partial charge in [0.15, 0.2) is 0 Å². The lowest BCUT2D eigenvalue weighted by atomic mass is 10.1. The Bertz CT molecular complexity index is 952. The van der Waals surface area contributed by atoms with Crippen molar-refractivity contribution in [2.45, 2.75) is 19.9 Å². The summed E-state index contributed by atoms with van der Waals surface area (Å²) in [6, 6.07) is 18.8. The number of hydrogen-bond acceptors (Lipinski definition) is 4. The van der Waals surface area contributed by atoms with Crippen LogP contribution in [0.1, 0.15) is 27.2 Å². The van der Waals surface area contributed by atoms with Crippen molar-refractivity contribution in [3.63, 3.8) is 0 Å². The van der Waals surface area contributed by atoms with E-state index in [9.17, 15) is 9.59 Å². The van der Waals surface area contributed by atoms with Crippen LogP contribution in [0.4, 0.5) is 5.69 Å². The first-order valence-electron chi connectivity index (χ1n) is 9.58. The van der Waals surface area contributed by atoms with E-state index < -0.39 is 0 Å². The fourth-order valence-electron chi connectivity index (χ4n) is 2.98. The Morgan fingerprint density at radius 2 is 1.72 bits per heavy atom. The molecule has 3 N–H and O–H groups in total. The third-order valence-corrected chi connectivity index (χ3v) is 4.59. The van der Waals surface area contributed by atoms with Gasteiger partial charge in [-0.05, 0) is 48.7 Å². The number of amides is 2. The molecule has 0 aliphatic rings. The van der Waals surface area contributed by atoms with Crippen molar-refractivity contribution in [3.8, 4) is 0 Å². The predicted molar refractivity (Wildman–Crippen MR) is 113 cm³/mol. The minimum Gasteiger partial charge on any atom is -0.467 e. The molecule has 0 bridgehead atoms. The summed E-state index contributed by atoms with van der Waals surface area (Å²) in [6.07, 6.45) is 2.35. The highest BCUT2D eigenvalue weighted by atomic mass is 16.3. The lowest BCUT2D eigenvalue weighted by Crippen LogP contribution is -2.32. The lowest BCUT2D eigenvalue weighted by molar-refractivity contribution is -0.119. The summed E-state index contributed by atoms with van der Waals surface area (Å²) >= 11 is 0. The van der Waals surface area contributed by atoms with Gasteiger partial charge in [0.05, 0.1) is 24.9 Å². The Labute approximate surface area is 170 Å². The summed E-state index contributed by atoms with van der Waals surface area (Å²) in [4.78, 5) is 24.6. The summed E-state index contributed by atoms with van der Waals surface area (Å²) in [5.41, 5.74) is 3.53. The fourth-order valence-corrected chi connectivity index (χ4v) is 2.98. The van der Waals surface area contributed by atoms with Gasteiger partial charge in [-0.25, -0.2) is 0 Å². The van der Waals surface area contributed by atoms with Crippen LogP contribution in [-0.2, 0) is 17.8 Å². The molecular weight excluding hydrogens is 366 g/mol. The first-order valence-corrected chi connectivity index (χ1v) is 9.58. The van der Waals surface area contributed by atoms with Crippen LogP contribution in [0.5, 0.6) is 0 Å². The normalized spacial score (nSPS) is 10.4. The minimum atomic E-state index is -0.232.